The molecule has 0 saturated carbocycles. The first-order valence-corrected chi connectivity index (χ1v) is 7.89. The second kappa shape index (κ2) is 8.13. The van der Waals surface area contributed by atoms with E-state index in [1.54, 1.807) is 0 Å². The van der Waals surface area contributed by atoms with Crippen molar-refractivity contribution < 1.29 is 0 Å². The minimum atomic E-state index is 0.274. The Bertz CT molecular complexity index is 214. The van der Waals surface area contributed by atoms with Crippen molar-refractivity contribution in [1.29, 1.82) is 0 Å². The number of hydrogen-bond acceptors (Lipinski definition) is 3. The van der Waals surface area contributed by atoms with Gasteiger partial charge < -0.3 is 10.6 Å². The van der Waals surface area contributed by atoms with Gasteiger partial charge in [-0.1, -0.05) is 20.8 Å². The van der Waals surface area contributed by atoms with E-state index in [-0.39, 0.29) is 5.54 Å². The smallest absolute Gasteiger partial charge is 0.0344 e. The van der Waals surface area contributed by atoms with Crippen LogP contribution in [0.4, 0.5) is 0 Å². The zero-order valence-corrected chi connectivity index (χ0v) is 12.7. The molecule has 3 heteroatoms. The molecule has 1 unspecified atom stereocenters. The van der Waals surface area contributed by atoms with Crippen molar-refractivity contribution in [3.05, 3.63) is 0 Å². The van der Waals surface area contributed by atoms with E-state index in [4.69, 9.17) is 5.73 Å². The summed E-state index contributed by atoms with van der Waals surface area (Å²) in [6.07, 6.45) is 6.30. The molecular weight excluding hydrogens is 222 g/mol. The van der Waals surface area contributed by atoms with Crippen LogP contribution in [0.25, 0.3) is 0 Å². The van der Waals surface area contributed by atoms with Gasteiger partial charge in [0.15, 0.2) is 0 Å². The molecule has 0 aromatic carbocycles. The first-order chi connectivity index (χ1) is 8.72. The molecule has 0 amide bonds. The highest BCUT2D eigenvalue weighted by Gasteiger charge is 2.35. The second-order valence-corrected chi connectivity index (χ2v) is 5.70. The third kappa shape index (κ3) is 3.94. The topological polar surface area (TPSA) is 32.5 Å². The van der Waals surface area contributed by atoms with Crippen LogP contribution >= 0.6 is 0 Å². The Hall–Kier alpha value is -0.120. The van der Waals surface area contributed by atoms with Crippen molar-refractivity contribution in [3.8, 4) is 0 Å². The predicted octanol–water partition coefficient (Wildman–Crippen LogP) is 2.31. The van der Waals surface area contributed by atoms with Gasteiger partial charge in [-0.2, -0.15) is 0 Å². The standard InChI is InChI=1S/C15H33N3/c1-4-10-18(11-5-2)15(14-16)8-7-12-17(6-3)13-9-15/h4-14,16H2,1-3H3. The lowest BCUT2D eigenvalue weighted by atomic mass is 9.88. The lowest BCUT2D eigenvalue weighted by molar-refractivity contribution is 0.0777. The van der Waals surface area contributed by atoms with Crippen molar-refractivity contribution in [3.63, 3.8) is 0 Å². The van der Waals surface area contributed by atoms with Crippen LogP contribution in [-0.2, 0) is 0 Å². The maximum atomic E-state index is 6.20. The molecule has 1 fully saturated rings. The van der Waals surface area contributed by atoms with Gasteiger partial charge in [0.05, 0.1) is 0 Å². The van der Waals surface area contributed by atoms with Crippen molar-refractivity contribution in [2.45, 2.75) is 58.4 Å². The second-order valence-electron chi connectivity index (χ2n) is 5.70. The molecule has 1 aliphatic heterocycles. The fourth-order valence-electron chi connectivity index (χ4n) is 3.33. The summed E-state index contributed by atoms with van der Waals surface area (Å²) in [6, 6.07) is 0. The predicted molar refractivity (Wildman–Crippen MR) is 79.9 cm³/mol. The van der Waals surface area contributed by atoms with Crippen LogP contribution in [-0.4, -0.2) is 54.6 Å². The van der Waals surface area contributed by atoms with Crippen LogP contribution in [0.15, 0.2) is 0 Å². The zero-order chi connectivity index (χ0) is 13.4. The van der Waals surface area contributed by atoms with E-state index in [2.05, 4.69) is 30.6 Å². The highest BCUT2D eigenvalue weighted by Crippen LogP contribution is 2.28. The maximum absolute atomic E-state index is 6.20. The molecule has 0 aromatic rings. The SMILES string of the molecule is CCCN(CCC)C1(CN)CCCN(CC)CC1. The van der Waals surface area contributed by atoms with Crippen LogP contribution in [0.1, 0.15) is 52.9 Å². The third-order valence-electron chi connectivity index (χ3n) is 4.49. The molecule has 1 aliphatic rings. The molecule has 1 atom stereocenters. The minimum absolute atomic E-state index is 0.274. The summed E-state index contributed by atoms with van der Waals surface area (Å²) in [5, 5.41) is 0. The summed E-state index contributed by atoms with van der Waals surface area (Å²) in [6.45, 7) is 13.7. The number of hydrogen-bond donors (Lipinski definition) is 1. The Morgan fingerprint density at radius 2 is 1.72 bits per heavy atom. The quantitative estimate of drug-likeness (QED) is 0.758. The van der Waals surface area contributed by atoms with E-state index in [0.29, 0.717) is 0 Å². The fraction of sp³-hybridized carbons (Fsp3) is 1.00. The molecule has 0 aromatic heterocycles. The number of rotatable bonds is 7. The molecular formula is C15H33N3. The first kappa shape index (κ1) is 15.9. The molecule has 1 rings (SSSR count). The lowest BCUT2D eigenvalue weighted by Crippen LogP contribution is -2.54. The summed E-state index contributed by atoms with van der Waals surface area (Å²) in [5.74, 6) is 0. The molecule has 1 heterocycles. The molecule has 1 saturated heterocycles. The zero-order valence-electron chi connectivity index (χ0n) is 12.7. The van der Waals surface area contributed by atoms with E-state index in [1.807, 2.05) is 0 Å². The molecule has 0 bridgehead atoms. The van der Waals surface area contributed by atoms with Crippen molar-refractivity contribution >= 4 is 0 Å². The van der Waals surface area contributed by atoms with Crippen molar-refractivity contribution in [2.75, 3.05) is 39.3 Å². The molecule has 3 nitrogen and oxygen atoms in total. The first-order valence-electron chi connectivity index (χ1n) is 7.89. The van der Waals surface area contributed by atoms with E-state index in [9.17, 15) is 0 Å². The Morgan fingerprint density at radius 1 is 1.06 bits per heavy atom. The van der Waals surface area contributed by atoms with Crippen LogP contribution < -0.4 is 5.73 Å². The molecule has 108 valence electrons. The van der Waals surface area contributed by atoms with Gasteiger partial charge in [0.25, 0.3) is 0 Å². The van der Waals surface area contributed by atoms with Crippen LogP contribution in [0.3, 0.4) is 0 Å². The molecule has 2 N–H and O–H groups in total. The largest absolute Gasteiger partial charge is 0.329 e. The summed E-state index contributed by atoms with van der Waals surface area (Å²) in [5.41, 5.74) is 6.47. The average Bonchev–Trinajstić information content (AvgIpc) is 2.61. The monoisotopic (exact) mass is 255 g/mol. The summed E-state index contributed by atoms with van der Waals surface area (Å²) in [7, 11) is 0. The van der Waals surface area contributed by atoms with Gasteiger partial charge >= 0.3 is 0 Å². The van der Waals surface area contributed by atoms with Crippen LogP contribution in [0.2, 0.25) is 0 Å². The summed E-state index contributed by atoms with van der Waals surface area (Å²) in [4.78, 5) is 5.26. The summed E-state index contributed by atoms with van der Waals surface area (Å²) >= 11 is 0. The van der Waals surface area contributed by atoms with Gasteiger partial charge in [0.1, 0.15) is 0 Å². The highest BCUT2D eigenvalue weighted by atomic mass is 15.2. The number of nitrogens with two attached hydrogens (primary N) is 1. The minimum Gasteiger partial charge on any atom is -0.329 e. The van der Waals surface area contributed by atoms with E-state index < -0.39 is 0 Å². The summed E-state index contributed by atoms with van der Waals surface area (Å²) < 4.78 is 0. The lowest BCUT2D eigenvalue weighted by Gasteiger charge is -2.43. The van der Waals surface area contributed by atoms with E-state index in [0.717, 1.165) is 6.54 Å². The van der Waals surface area contributed by atoms with Gasteiger partial charge in [-0.25, -0.2) is 0 Å². The van der Waals surface area contributed by atoms with Crippen LogP contribution in [0, 0.1) is 0 Å². The molecule has 0 radical (unpaired) electrons. The molecule has 0 aliphatic carbocycles. The third-order valence-corrected chi connectivity index (χ3v) is 4.49. The van der Waals surface area contributed by atoms with Gasteiger partial charge in [-0.05, 0) is 64.8 Å². The van der Waals surface area contributed by atoms with E-state index >= 15 is 0 Å². The van der Waals surface area contributed by atoms with Crippen LogP contribution in [0.5, 0.6) is 0 Å². The van der Waals surface area contributed by atoms with E-state index in [1.165, 1.54) is 64.8 Å². The van der Waals surface area contributed by atoms with Gasteiger partial charge in [0, 0.05) is 12.1 Å². The Kier molecular flexibility index (Phi) is 7.20. The fourth-order valence-corrected chi connectivity index (χ4v) is 3.33. The van der Waals surface area contributed by atoms with Crippen molar-refractivity contribution in [1.82, 2.24) is 9.80 Å². The maximum Gasteiger partial charge on any atom is 0.0344 e. The van der Waals surface area contributed by atoms with Crippen molar-refractivity contribution in [2.24, 2.45) is 5.73 Å². The Labute approximate surface area is 114 Å². The highest BCUT2D eigenvalue weighted by molar-refractivity contribution is 4.94. The normalized spacial score (nSPS) is 26.5. The Morgan fingerprint density at radius 3 is 2.22 bits per heavy atom. The van der Waals surface area contributed by atoms with Gasteiger partial charge in [-0.3, -0.25) is 4.90 Å². The molecule has 0 spiro atoms. The number of nitrogens with zero attached hydrogens (tertiary/aromatic N) is 2. The molecule has 18 heavy (non-hydrogen) atoms. The Balaban J connectivity index is 2.74. The van der Waals surface area contributed by atoms with Gasteiger partial charge in [0.2, 0.25) is 0 Å². The average molecular weight is 255 g/mol. The van der Waals surface area contributed by atoms with Gasteiger partial charge in [-0.15, -0.1) is 0 Å². The number of likely N-dealkylation sites (tertiary alicyclic amines) is 1.